The standard InChI is InChI=1S/C28H31F3N2O3/c1-18-24-7-6-23(17-26(24)36-27(18)25(34)16-19-8-12-32-13-9-19)35-22-10-14-33(15-11-22)21-4-2-20(3-5-21)28(29,30)31/h2-7,17,19,22,32H,8-16H2,1H3. The molecule has 2 aliphatic rings. The molecule has 2 saturated heterocycles. The van der Waals surface area contributed by atoms with Crippen molar-refractivity contribution in [2.75, 3.05) is 31.1 Å². The molecule has 0 unspecified atom stereocenters. The lowest BCUT2D eigenvalue weighted by Gasteiger charge is -2.33. The molecule has 0 amide bonds. The molecule has 3 aromatic rings. The van der Waals surface area contributed by atoms with Gasteiger partial charge in [-0.25, -0.2) is 0 Å². The molecule has 0 radical (unpaired) electrons. The molecule has 2 fully saturated rings. The lowest BCUT2D eigenvalue weighted by Crippen LogP contribution is -2.38. The number of ketones is 1. The van der Waals surface area contributed by atoms with Crippen molar-refractivity contribution in [2.45, 2.75) is 51.3 Å². The maximum Gasteiger partial charge on any atom is 0.416 e. The predicted octanol–water partition coefficient (Wildman–Crippen LogP) is 6.38. The minimum Gasteiger partial charge on any atom is -0.490 e. The Balaban J connectivity index is 1.20. The van der Waals surface area contributed by atoms with Gasteiger partial charge in [0.2, 0.25) is 0 Å². The number of anilines is 1. The van der Waals surface area contributed by atoms with E-state index in [1.807, 2.05) is 25.1 Å². The van der Waals surface area contributed by atoms with Gasteiger partial charge in [-0.15, -0.1) is 0 Å². The Bertz CT molecular complexity index is 1210. The highest BCUT2D eigenvalue weighted by Crippen LogP contribution is 2.33. The fourth-order valence-corrected chi connectivity index (χ4v) is 5.27. The van der Waals surface area contributed by atoms with Crippen molar-refractivity contribution in [3.63, 3.8) is 0 Å². The molecule has 1 N–H and O–H groups in total. The third kappa shape index (κ3) is 5.38. The number of benzene rings is 2. The Morgan fingerprint density at radius 2 is 1.75 bits per heavy atom. The number of piperidine rings is 2. The van der Waals surface area contributed by atoms with Gasteiger partial charge in [-0.1, -0.05) is 0 Å². The van der Waals surface area contributed by atoms with Crippen LogP contribution in [-0.2, 0) is 6.18 Å². The maximum atomic E-state index is 12.9. The van der Waals surface area contributed by atoms with Crippen LogP contribution in [0.5, 0.6) is 5.75 Å². The second-order valence-electron chi connectivity index (χ2n) is 9.88. The van der Waals surface area contributed by atoms with E-state index in [4.69, 9.17) is 9.15 Å². The van der Waals surface area contributed by atoms with Gasteiger partial charge in [-0.05, 0) is 75.2 Å². The van der Waals surface area contributed by atoms with Gasteiger partial charge in [0, 0.05) is 55.1 Å². The summed E-state index contributed by atoms with van der Waals surface area (Å²) in [5.74, 6) is 1.61. The first kappa shape index (κ1) is 24.7. The van der Waals surface area contributed by atoms with E-state index in [1.54, 1.807) is 0 Å². The number of aryl methyl sites for hydroxylation is 1. The van der Waals surface area contributed by atoms with E-state index in [-0.39, 0.29) is 11.9 Å². The quantitative estimate of drug-likeness (QED) is 0.398. The molecule has 0 aliphatic carbocycles. The Morgan fingerprint density at radius 3 is 2.42 bits per heavy atom. The first-order valence-electron chi connectivity index (χ1n) is 12.6. The first-order valence-corrected chi connectivity index (χ1v) is 12.6. The summed E-state index contributed by atoms with van der Waals surface area (Å²) in [7, 11) is 0. The molecule has 3 heterocycles. The summed E-state index contributed by atoms with van der Waals surface area (Å²) >= 11 is 0. The first-order chi connectivity index (χ1) is 17.3. The number of nitrogens with zero attached hydrogens (tertiary/aromatic N) is 1. The minimum atomic E-state index is -4.33. The largest absolute Gasteiger partial charge is 0.490 e. The second kappa shape index (κ2) is 10.2. The molecular formula is C28H31F3N2O3. The van der Waals surface area contributed by atoms with Crippen LogP contribution >= 0.6 is 0 Å². The topological polar surface area (TPSA) is 54.7 Å². The van der Waals surface area contributed by atoms with Crippen LogP contribution in [0.3, 0.4) is 0 Å². The number of furan rings is 1. The number of ether oxygens (including phenoxy) is 1. The van der Waals surface area contributed by atoms with Crippen molar-refractivity contribution in [3.05, 3.63) is 59.4 Å². The normalized spacial score (nSPS) is 18.1. The lowest BCUT2D eigenvalue weighted by molar-refractivity contribution is -0.137. The molecule has 0 bridgehead atoms. The van der Waals surface area contributed by atoms with Crippen molar-refractivity contribution in [1.29, 1.82) is 0 Å². The van der Waals surface area contributed by atoms with Gasteiger partial charge in [0.05, 0.1) is 5.56 Å². The van der Waals surface area contributed by atoms with E-state index in [0.717, 1.165) is 67.5 Å². The van der Waals surface area contributed by atoms with E-state index in [9.17, 15) is 18.0 Å². The molecule has 5 nitrogen and oxygen atoms in total. The van der Waals surface area contributed by atoms with E-state index >= 15 is 0 Å². The number of carbonyl (C=O) groups is 1. The fourth-order valence-electron chi connectivity index (χ4n) is 5.27. The van der Waals surface area contributed by atoms with Crippen LogP contribution in [0.2, 0.25) is 0 Å². The highest BCUT2D eigenvalue weighted by Gasteiger charge is 2.30. The Labute approximate surface area is 208 Å². The third-order valence-corrected chi connectivity index (χ3v) is 7.40. The summed E-state index contributed by atoms with van der Waals surface area (Å²) in [5, 5.41) is 4.25. The van der Waals surface area contributed by atoms with Crippen molar-refractivity contribution in [3.8, 4) is 5.75 Å². The van der Waals surface area contributed by atoms with Gasteiger partial charge in [0.15, 0.2) is 11.5 Å². The van der Waals surface area contributed by atoms with Gasteiger partial charge in [0.25, 0.3) is 0 Å². The molecule has 0 saturated carbocycles. The Morgan fingerprint density at radius 1 is 1.06 bits per heavy atom. The monoisotopic (exact) mass is 500 g/mol. The van der Waals surface area contributed by atoms with Gasteiger partial charge in [0.1, 0.15) is 17.4 Å². The number of rotatable bonds is 6. The van der Waals surface area contributed by atoms with Gasteiger partial charge in [-0.2, -0.15) is 13.2 Å². The average molecular weight is 501 g/mol. The van der Waals surface area contributed by atoms with E-state index < -0.39 is 11.7 Å². The molecule has 192 valence electrons. The smallest absolute Gasteiger partial charge is 0.416 e. The van der Waals surface area contributed by atoms with E-state index in [2.05, 4.69) is 10.2 Å². The van der Waals surface area contributed by atoms with Crippen LogP contribution in [-0.4, -0.2) is 38.1 Å². The lowest BCUT2D eigenvalue weighted by atomic mass is 9.91. The van der Waals surface area contributed by atoms with Gasteiger partial charge < -0.3 is 19.4 Å². The highest BCUT2D eigenvalue weighted by atomic mass is 19.4. The average Bonchev–Trinajstić information content (AvgIpc) is 3.20. The van der Waals surface area contributed by atoms with Crippen LogP contribution in [0.1, 0.15) is 53.8 Å². The molecule has 0 spiro atoms. The van der Waals surface area contributed by atoms with Crippen LogP contribution in [0.4, 0.5) is 18.9 Å². The van der Waals surface area contributed by atoms with Crippen LogP contribution in [0.25, 0.3) is 11.0 Å². The molecular weight excluding hydrogens is 469 g/mol. The summed E-state index contributed by atoms with van der Waals surface area (Å²) in [6.45, 7) is 5.25. The molecule has 1 aromatic heterocycles. The molecule has 2 aliphatic heterocycles. The Hall–Kier alpha value is -3.00. The van der Waals surface area contributed by atoms with Gasteiger partial charge >= 0.3 is 6.18 Å². The number of hydrogen-bond acceptors (Lipinski definition) is 5. The van der Waals surface area contributed by atoms with Crippen LogP contribution in [0, 0.1) is 12.8 Å². The SMILES string of the molecule is Cc1c(C(=O)CC2CCNCC2)oc2cc(OC3CCN(c4ccc(C(F)(F)F)cc4)CC3)ccc12. The minimum absolute atomic E-state index is 0.00483. The van der Waals surface area contributed by atoms with E-state index in [1.165, 1.54) is 12.1 Å². The van der Waals surface area contributed by atoms with Gasteiger partial charge in [-0.3, -0.25) is 4.79 Å². The molecule has 8 heteroatoms. The maximum absolute atomic E-state index is 12.9. The van der Waals surface area contributed by atoms with Crippen molar-refractivity contribution in [2.24, 2.45) is 5.92 Å². The number of alkyl halides is 3. The predicted molar refractivity (Wildman–Crippen MR) is 133 cm³/mol. The Kier molecular flexibility index (Phi) is 6.97. The number of fused-ring (bicyclic) bond motifs is 1. The summed E-state index contributed by atoms with van der Waals surface area (Å²) in [4.78, 5) is 15.0. The second-order valence-corrected chi connectivity index (χ2v) is 9.88. The molecule has 2 aromatic carbocycles. The zero-order chi connectivity index (χ0) is 25.3. The summed E-state index contributed by atoms with van der Waals surface area (Å²) < 4.78 is 50.7. The fraction of sp³-hybridized carbons (Fsp3) is 0.464. The highest BCUT2D eigenvalue weighted by molar-refractivity contribution is 6.00. The number of hydrogen-bond donors (Lipinski definition) is 1. The molecule has 5 rings (SSSR count). The molecule has 0 atom stereocenters. The van der Waals surface area contributed by atoms with Crippen molar-refractivity contribution < 1.29 is 27.1 Å². The number of Topliss-reactive ketones (excluding diaryl/α,β-unsaturated/α-hetero) is 1. The third-order valence-electron chi connectivity index (χ3n) is 7.40. The van der Waals surface area contributed by atoms with Crippen molar-refractivity contribution >= 4 is 22.4 Å². The number of halogens is 3. The van der Waals surface area contributed by atoms with Crippen LogP contribution in [0.15, 0.2) is 46.9 Å². The van der Waals surface area contributed by atoms with Crippen LogP contribution < -0.4 is 15.0 Å². The molecule has 36 heavy (non-hydrogen) atoms. The number of carbonyl (C=O) groups excluding carboxylic acids is 1. The van der Waals surface area contributed by atoms with E-state index in [0.29, 0.717) is 42.5 Å². The summed E-state index contributed by atoms with van der Waals surface area (Å²) in [5.41, 5.74) is 1.68. The number of nitrogens with one attached hydrogen (secondary N) is 1. The zero-order valence-electron chi connectivity index (χ0n) is 20.4. The summed E-state index contributed by atoms with van der Waals surface area (Å²) in [6, 6.07) is 11.0. The van der Waals surface area contributed by atoms with Crippen molar-refractivity contribution in [1.82, 2.24) is 5.32 Å². The zero-order valence-corrected chi connectivity index (χ0v) is 20.4. The summed E-state index contributed by atoms with van der Waals surface area (Å²) in [6.07, 6.45) is -0.254.